The van der Waals surface area contributed by atoms with E-state index in [2.05, 4.69) is 4.72 Å². The van der Waals surface area contributed by atoms with Gasteiger partial charge in [-0.05, 0) is 43.4 Å². The Balaban J connectivity index is 2.16. The largest absolute Gasteiger partial charge is 0.396 e. The highest BCUT2D eigenvalue weighted by Crippen LogP contribution is 2.26. The second kappa shape index (κ2) is 6.30. The van der Waals surface area contributed by atoms with Crippen molar-refractivity contribution < 1.29 is 13.5 Å². The number of halogens is 1. The molecule has 1 heterocycles. The van der Waals surface area contributed by atoms with Crippen molar-refractivity contribution >= 4 is 27.5 Å². The van der Waals surface area contributed by atoms with E-state index in [1.165, 1.54) is 4.31 Å². The van der Waals surface area contributed by atoms with Crippen LogP contribution in [0.1, 0.15) is 18.4 Å². The summed E-state index contributed by atoms with van der Waals surface area (Å²) < 4.78 is 28.7. The van der Waals surface area contributed by atoms with Gasteiger partial charge in [-0.2, -0.15) is 12.7 Å². The summed E-state index contributed by atoms with van der Waals surface area (Å²) in [5.74, 6) is 0.0146. The third-order valence-electron chi connectivity index (χ3n) is 3.59. The van der Waals surface area contributed by atoms with Gasteiger partial charge in [-0.1, -0.05) is 17.7 Å². The molecule has 20 heavy (non-hydrogen) atoms. The van der Waals surface area contributed by atoms with Crippen molar-refractivity contribution in [2.75, 3.05) is 24.4 Å². The Morgan fingerprint density at radius 3 is 2.95 bits per heavy atom. The van der Waals surface area contributed by atoms with E-state index in [1.807, 2.05) is 0 Å². The summed E-state index contributed by atoms with van der Waals surface area (Å²) in [6.45, 7) is 2.62. The molecule has 0 bridgehead atoms. The van der Waals surface area contributed by atoms with Crippen LogP contribution >= 0.6 is 11.6 Å². The van der Waals surface area contributed by atoms with Gasteiger partial charge >= 0.3 is 10.2 Å². The van der Waals surface area contributed by atoms with E-state index < -0.39 is 10.2 Å². The van der Waals surface area contributed by atoms with Gasteiger partial charge < -0.3 is 5.11 Å². The zero-order valence-corrected chi connectivity index (χ0v) is 12.9. The Morgan fingerprint density at radius 2 is 2.25 bits per heavy atom. The summed E-state index contributed by atoms with van der Waals surface area (Å²) in [6.07, 6.45) is 1.62. The van der Waals surface area contributed by atoms with E-state index in [4.69, 9.17) is 11.6 Å². The maximum Gasteiger partial charge on any atom is 0.301 e. The molecule has 1 fully saturated rings. The molecule has 1 aromatic carbocycles. The van der Waals surface area contributed by atoms with Gasteiger partial charge in [-0.3, -0.25) is 4.72 Å². The highest BCUT2D eigenvalue weighted by atomic mass is 35.5. The lowest BCUT2D eigenvalue weighted by molar-refractivity contribution is 0.166. The first-order valence-electron chi connectivity index (χ1n) is 6.58. The number of rotatable bonds is 4. The molecule has 0 saturated carbocycles. The maximum absolute atomic E-state index is 12.4. The van der Waals surface area contributed by atoms with Crippen LogP contribution in [0, 0.1) is 12.8 Å². The summed E-state index contributed by atoms with van der Waals surface area (Å²) in [4.78, 5) is 0. The highest BCUT2D eigenvalue weighted by Gasteiger charge is 2.28. The van der Waals surface area contributed by atoms with Crippen molar-refractivity contribution in [3.63, 3.8) is 0 Å². The van der Waals surface area contributed by atoms with Crippen LogP contribution in [-0.2, 0) is 10.2 Å². The van der Waals surface area contributed by atoms with Crippen LogP contribution < -0.4 is 4.72 Å². The Hall–Kier alpha value is -0.820. The van der Waals surface area contributed by atoms with Gasteiger partial charge in [0.05, 0.1) is 5.69 Å². The lowest BCUT2D eigenvalue weighted by Gasteiger charge is -2.31. The van der Waals surface area contributed by atoms with Crippen molar-refractivity contribution in [2.45, 2.75) is 19.8 Å². The first-order chi connectivity index (χ1) is 9.44. The Labute approximate surface area is 124 Å². The number of aliphatic hydroxyl groups excluding tert-OH is 1. The zero-order chi connectivity index (χ0) is 14.8. The molecular weight excluding hydrogens is 300 g/mol. The first-order valence-corrected chi connectivity index (χ1v) is 8.39. The average molecular weight is 319 g/mol. The molecule has 1 atom stereocenters. The molecule has 0 radical (unpaired) electrons. The second-order valence-corrected chi connectivity index (χ2v) is 7.15. The lowest BCUT2D eigenvalue weighted by Crippen LogP contribution is -2.43. The molecule has 7 heteroatoms. The van der Waals surface area contributed by atoms with Crippen molar-refractivity contribution in [1.82, 2.24) is 4.31 Å². The number of piperidine rings is 1. The molecule has 1 aromatic rings. The van der Waals surface area contributed by atoms with E-state index in [0.717, 1.165) is 12.8 Å². The number of anilines is 1. The predicted octanol–water partition coefficient (Wildman–Crippen LogP) is 2.01. The fourth-order valence-corrected chi connectivity index (χ4v) is 3.89. The van der Waals surface area contributed by atoms with Crippen LogP contribution in [0.5, 0.6) is 0 Å². The van der Waals surface area contributed by atoms with Crippen molar-refractivity contribution in [3.05, 3.63) is 28.8 Å². The third kappa shape index (κ3) is 3.44. The van der Waals surface area contributed by atoms with E-state index in [1.54, 1.807) is 25.1 Å². The smallest absolute Gasteiger partial charge is 0.301 e. The molecule has 0 aromatic heterocycles. The minimum atomic E-state index is -3.61. The molecular formula is C13H19ClN2O3S. The van der Waals surface area contributed by atoms with Crippen LogP contribution in [0.15, 0.2) is 18.2 Å². The molecule has 5 nitrogen and oxygen atoms in total. The van der Waals surface area contributed by atoms with Crippen LogP contribution in [-0.4, -0.2) is 37.5 Å². The van der Waals surface area contributed by atoms with Gasteiger partial charge in [-0.25, -0.2) is 0 Å². The maximum atomic E-state index is 12.4. The summed E-state index contributed by atoms with van der Waals surface area (Å²) in [5.41, 5.74) is 1.19. The highest BCUT2D eigenvalue weighted by molar-refractivity contribution is 7.90. The van der Waals surface area contributed by atoms with Gasteiger partial charge in [0.2, 0.25) is 0 Å². The molecule has 0 spiro atoms. The standard InChI is InChI=1S/C13H19ClN2O3S/c1-10-12(14)5-2-6-13(10)15-20(18,19)16-7-3-4-11(8-16)9-17/h2,5-6,11,15,17H,3-4,7-9H2,1H3. The Bertz CT molecular complexity index is 577. The summed E-state index contributed by atoms with van der Waals surface area (Å²) in [6, 6.07) is 5.11. The van der Waals surface area contributed by atoms with Crippen molar-refractivity contribution in [2.24, 2.45) is 5.92 Å². The quantitative estimate of drug-likeness (QED) is 0.892. The Morgan fingerprint density at radius 1 is 1.50 bits per heavy atom. The Kier molecular flexibility index (Phi) is 4.90. The molecule has 0 amide bonds. The van der Waals surface area contributed by atoms with E-state index >= 15 is 0 Å². The summed E-state index contributed by atoms with van der Waals surface area (Å²) in [5, 5.41) is 9.71. The molecule has 2 rings (SSSR count). The van der Waals surface area contributed by atoms with Crippen molar-refractivity contribution in [1.29, 1.82) is 0 Å². The van der Waals surface area contributed by atoms with Gasteiger partial charge in [0.15, 0.2) is 0 Å². The molecule has 1 unspecified atom stereocenters. The minimum Gasteiger partial charge on any atom is -0.396 e. The number of aliphatic hydroxyl groups is 1. The third-order valence-corrected chi connectivity index (χ3v) is 5.49. The number of nitrogens with zero attached hydrogens (tertiary/aromatic N) is 1. The fraction of sp³-hybridized carbons (Fsp3) is 0.538. The van der Waals surface area contributed by atoms with Crippen LogP contribution in [0.2, 0.25) is 5.02 Å². The normalized spacial score (nSPS) is 20.9. The van der Waals surface area contributed by atoms with Crippen LogP contribution in [0.3, 0.4) is 0 Å². The number of nitrogens with one attached hydrogen (secondary N) is 1. The topological polar surface area (TPSA) is 69.6 Å². The molecule has 0 aliphatic carbocycles. The molecule has 2 N–H and O–H groups in total. The van der Waals surface area contributed by atoms with Crippen LogP contribution in [0.4, 0.5) is 5.69 Å². The van der Waals surface area contributed by atoms with Crippen LogP contribution in [0.25, 0.3) is 0 Å². The predicted molar refractivity (Wildman–Crippen MR) is 80.1 cm³/mol. The zero-order valence-electron chi connectivity index (χ0n) is 11.3. The number of hydrogen-bond acceptors (Lipinski definition) is 3. The second-order valence-electron chi connectivity index (χ2n) is 5.07. The first kappa shape index (κ1) is 15.6. The molecule has 1 aliphatic rings. The van der Waals surface area contributed by atoms with E-state index in [-0.39, 0.29) is 12.5 Å². The van der Waals surface area contributed by atoms with Gasteiger partial charge in [0.1, 0.15) is 0 Å². The fourth-order valence-electron chi connectivity index (χ4n) is 2.32. The van der Waals surface area contributed by atoms with Gasteiger partial charge in [0.25, 0.3) is 0 Å². The van der Waals surface area contributed by atoms with E-state index in [0.29, 0.717) is 29.4 Å². The summed E-state index contributed by atoms with van der Waals surface area (Å²) in [7, 11) is -3.61. The van der Waals surface area contributed by atoms with Gasteiger partial charge in [0, 0.05) is 24.7 Å². The number of hydrogen-bond donors (Lipinski definition) is 2. The number of benzene rings is 1. The molecule has 112 valence electrons. The average Bonchev–Trinajstić information content (AvgIpc) is 2.44. The van der Waals surface area contributed by atoms with Gasteiger partial charge in [-0.15, -0.1) is 0 Å². The van der Waals surface area contributed by atoms with Crippen molar-refractivity contribution in [3.8, 4) is 0 Å². The summed E-state index contributed by atoms with van der Waals surface area (Å²) >= 11 is 5.99. The molecule has 1 saturated heterocycles. The minimum absolute atomic E-state index is 0.0146. The molecule has 1 aliphatic heterocycles. The van der Waals surface area contributed by atoms with E-state index in [9.17, 15) is 13.5 Å². The monoisotopic (exact) mass is 318 g/mol. The SMILES string of the molecule is Cc1c(Cl)cccc1NS(=O)(=O)N1CCCC(CO)C1. The lowest BCUT2D eigenvalue weighted by atomic mass is 10.0.